The van der Waals surface area contributed by atoms with Crippen molar-refractivity contribution in [1.29, 1.82) is 0 Å². The number of hydrogen-bond acceptors (Lipinski definition) is 3. The monoisotopic (exact) mass is 416 g/mol. The quantitative estimate of drug-likeness (QED) is 0.437. The summed E-state index contributed by atoms with van der Waals surface area (Å²) in [5, 5.41) is 3.94. The third-order valence-corrected chi connectivity index (χ3v) is 6.04. The fourth-order valence-corrected chi connectivity index (χ4v) is 4.66. The molecule has 3 rings (SSSR count). The van der Waals surface area contributed by atoms with Crippen LogP contribution in [0.5, 0.6) is 0 Å². The summed E-state index contributed by atoms with van der Waals surface area (Å²) in [5.41, 5.74) is 7.87. The predicted molar refractivity (Wildman–Crippen MR) is 114 cm³/mol. The second kappa shape index (κ2) is 7.98. The highest BCUT2D eigenvalue weighted by molar-refractivity contribution is 6.31. The molecule has 0 aromatic heterocycles. The van der Waals surface area contributed by atoms with Gasteiger partial charge < -0.3 is 15.8 Å². The van der Waals surface area contributed by atoms with Crippen LogP contribution in [0.25, 0.3) is 0 Å². The van der Waals surface area contributed by atoms with Crippen LogP contribution in [-0.2, 0) is 15.0 Å². The molecule has 0 bridgehead atoms. The number of rotatable bonds is 4. The molecule has 0 radical (unpaired) electrons. The van der Waals surface area contributed by atoms with Crippen LogP contribution < -0.4 is 11.1 Å². The minimum atomic E-state index is -1.09. The molecule has 146 valence electrons. The van der Waals surface area contributed by atoms with Crippen LogP contribution in [0, 0.1) is 5.92 Å². The molecule has 28 heavy (non-hydrogen) atoms. The summed E-state index contributed by atoms with van der Waals surface area (Å²) in [6.45, 7) is 6.26. The van der Waals surface area contributed by atoms with Gasteiger partial charge in [-0.25, -0.2) is 0 Å². The Morgan fingerprint density at radius 1 is 1.25 bits per heavy atom. The van der Waals surface area contributed by atoms with Crippen LogP contribution >= 0.6 is 23.2 Å². The van der Waals surface area contributed by atoms with Gasteiger partial charge in [0.05, 0.1) is 5.41 Å². The van der Waals surface area contributed by atoms with Crippen LogP contribution in [0.15, 0.2) is 54.6 Å². The molecule has 1 amide bonds. The Kier molecular flexibility index (Phi) is 5.82. The van der Waals surface area contributed by atoms with Gasteiger partial charge in [-0.15, -0.1) is 0 Å². The maximum Gasteiger partial charge on any atom is 0.220 e. The lowest BCUT2D eigenvalue weighted by molar-refractivity contribution is -0.121. The van der Waals surface area contributed by atoms with Crippen molar-refractivity contribution in [2.24, 2.45) is 5.92 Å². The largest absolute Gasteiger partial charge is 0.398 e. The van der Waals surface area contributed by atoms with Gasteiger partial charge in [0, 0.05) is 40.5 Å². The zero-order chi connectivity index (χ0) is 20.5. The van der Waals surface area contributed by atoms with Gasteiger partial charge in [-0.2, -0.15) is 0 Å². The molecule has 2 aromatic rings. The van der Waals surface area contributed by atoms with Gasteiger partial charge in [0.1, 0.15) is 6.29 Å². The maximum absolute atomic E-state index is 12.9. The summed E-state index contributed by atoms with van der Waals surface area (Å²) in [5.74, 6) is -0.937. The summed E-state index contributed by atoms with van der Waals surface area (Å²) < 4.78 is 0. The molecule has 3 N–H and O–H groups in total. The first-order chi connectivity index (χ1) is 13.3. The van der Waals surface area contributed by atoms with Crippen molar-refractivity contribution in [2.75, 3.05) is 12.3 Å². The fraction of sp³-hybridized carbons (Fsp3) is 0.273. The average Bonchev–Trinajstić information content (AvgIpc) is 2.78. The Balaban J connectivity index is 2.35. The van der Waals surface area contributed by atoms with Crippen molar-refractivity contribution in [3.05, 3.63) is 75.8 Å². The summed E-state index contributed by atoms with van der Waals surface area (Å²) in [7, 11) is 0. The second-order valence-electron chi connectivity index (χ2n) is 7.30. The molecule has 1 heterocycles. The Labute approximate surface area is 174 Å². The number of halogens is 2. The number of nitrogens with two attached hydrogens (primary N) is 1. The number of amides is 1. The van der Waals surface area contributed by atoms with Crippen molar-refractivity contribution in [2.45, 2.75) is 24.7 Å². The van der Waals surface area contributed by atoms with E-state index in [2.05, 4.69) is 11.9 Å². The Morgan fingerprint density at radius 2 is 1.96 bits per heavy atom. The number of aldehydes is 1. The van der Waals surface area contributed by atoms with Crippen molar-refractivity contribution >= 4 is 41.1 Å². The molecule has 0 saturated carbocycles. The maximum atomic E-state index is 12.9. The van der Waals surface area contributed by atoms with Crippen LogP contribution in [0.2, 0.25) is 10.0 Å². The minimum absolute atomic E-state index is 0.130. The van der Waals surface area contributed by atoms with Crippen molar-refractivity contribution in [3.8, 4) is 0 Å². The number of benzene rings is 2. The first-order valence-corrected chi connectivity index (χ1v) is 9.74. The highest BCUT2D eigenvalue weighted by Crippen LogP contribution is 2.50. The molecule has 3 atom stereocenters. The Morgan fingerprint density at radius 3 is 2.57 bits per heavy atom. The summed E-state index contributed by atoms with van der Waals surface area (Å²) in [6, 6.07) is 12.4. The standard InChI is InChI=1S/C22H22Cl2N2O2/c1-13(2)19-11-26-21(28)10-18(14-4-3-5-15(23)8-14)22(19,12-27)17-7-6-16(24)9-20(17)25/h3-9,12,18-19H,1,10-11,25H2,2H3,(H,26,28)/t18-,19+,22+/m0/s1. The Bertz CT molecular complexity index is 944. The van der Waals surface area contributed by atoms with Gasteiger partial charge in [-0.3, -0.25) is 4.79 Å². The summed E-state index contributed by atoms with van der Waals surface area (Å²) in [4.78, 5) is 25.4. The van der Waals surface area contributed by atoms with Crippen molar-refractivity contribution in [1.82, 2.24) is 5.32 Å². The van der Waals surface area contributed by atoms with Crippen LogP contribution in [0.3, 0.4) is 0 Å². The number of carbonyl (C=O) groups is 2. The molecule has 0 unspecified atom stereocenters. The molecule has 6 heteroatoms. The molecule has 0 spiro atoms. The van der Waals surface area contributed by atoms with E-state index in [1.807, 2.05) is 19.1 Å². The minimum Gasteiger partial charge on any atom is -0.398 e. The van der Waals surface area contributed by atoms with E-state index in [0.717, 1.165) is 17.4 Å². The SMILES string of the molecule is C=C(C)[C@H]1CNC(=O)C[C@@H](c2cccc(Cl)c2)[C@@]1(C=O)c1ccc(Cl)cc1N. The number of nitrogens with one attached hydrogen (secondary N) is 1. The molecule has 1 aliphatic rings. The third kappa shape index (κ3) is 3.54. The second-order valence-corrected chi connectivity index (χ2v) is 8.17. The molecule has 0 aliphatic carbocycles. The third-order valence-electron chi connectivity index (χ3n) is 5.57. The van der Waals surface area contributed by atoms with E-state index in [0.29, 0.717) is 27.8 Å². The van der Waals surface area contributed by atoms with Crippen molar-refractivity contribution in [3.63, 3.8) is 0 Å². The van der Waals surface area contributed by atoms with Gasteiger partial charge in [0.15, 0.2) is 0 Å². The van der Waals surface area contributed by atoms with E-state index in [4.69, 9.17) is 28.9 Å². The van der Waals surface area contributed by atoms with E-state index in [9.17, 15) is 9.59 Å². The van der Waals surface area contributed by atoms with Crippen molar-refractivity contribution < 1.29 is 9.59 Å². The van der Waals surface area contributed by atoms with Gasteiger partial charge in [-0.05, 0) is 42.3 Å². The van der Waals surface area contributed by atoms with E-state index in [1.54, 1.807) is 30.3 Å². The summed E-state index contributed by atoms with van der Waals surface area (Å²) >= 11 is 12.3. The zero-order valence-electron chi connectivity index (χ0n) is 15.5. The first-order valence-electron chi connectivity index (χ1n) is 8.99. The molecular formula is C22H22Cl2N2O2. The smallest absolute Gasteiger partial charge is 0.220 e. The molecular weight excluding hydrogens is 395 g/mol. The van der Waals surface area contributed by atoms with Gasteiger partial charge in [-0.1, -0.05) is 53.6 Å². The lowest BCUT2D eigenvalue weighted by Crippen LogP contribution is -2.45. The van der Waals surface area contributed by atoms with Crippen LogP contribution in [0.4, 0.5) is 5.69 Å². The Hall–Kier alpha value is -2.30. The molecule has 4 nitrogen and oxygen atoms in total. The molecule has 2 aromatic carbocycles. The average molecular weight is 417 g/mol. The number of carbonyl (C=O) groups excluding carboxylic acids is 2. The summed E-state index contributed by atoms with van der Waals surface area (Å²) in [6.07, 6.45) is 1.04. The predicted octanol–water partition coefficient (Wildman–Crippen LogP) is 4.51. The number of anilines is 1. The van der Waals surface area contributed by atoms with Gasteiger partial charge >= 0.3 is 0 Å². The fourth-order valence-electron chi connectivity index (χ4n) is 4.28. The van der Waals surface area contributed by atoms with E-state index in [-0.39, 0.29) is 18.2 Å². The number of hydrogen-bond donors (Lipinski definition) is 2. The molecule has 1 aliphatic heterocycles. The topological polar surface area (TPSA) is 72.2 Å². The normalized spacial score (nSPS) is 24.9. The van der Waals surface area contributed by atoms with Gasteiger partial charge in [0.2, 0.25) is 5.91 Å². The molecule has 1 saturated heterocycles. The first kappa shape index (κ1) is 20.4. The van der Waals surface area contributed by atoms with Gasteiger partial charge in [0.25, 0.3) is 0 Å². The highest BCUT2D eigenvalue weighted by Gasteiger charge is 2.51. The lowest BCUT2D eigenvalue weighted by atomic mass is 9.59. The molecule has 1 fully saturated rings. The zero-order valence-corrected chi connectivity index (χ0v) is 17.1. The number of nitrogen functional groups attached to an aromatic ring is 1. The van der Waals surface area contributed by atoms with E-state index < -0.39 is 11.3 Å². The highest BCUT2D eigenvalue weighted by atomic mass is 35.5. The van der Waals surface area contributed by atoms with E-state index >= 15 is 0 Å². The lowest BCUT2D eigenvalue weighted by Gasteiger charge is -2.42. The van der Waals surface area contributed by atoms with Crippen LogP contribution in [0.1, 0.15) is 30.4 Å². The van der Waals surface area contributed by atoms with E-state index in [1.165, 1.54) is 0 Å². The van der Waals surface area contributed by atoms with Crippen LogP contribution in [-0.4, -0.2) is 18.7 Å².